The Balaban J connectivity index is 1.81. The number of rotatable bonds is 3. The molecule has 2 heterocycles. The molecule has 0 saturated heterocycles. The van der Waals surface area contributed by atoms with Crippen LogP contribution in [0.15, 0.2) is 41.4 Å². The molecule has 0 saturated carbocycles. The van der Waals surface area contributed by atoms with Crippen molar-refractivity contribution >= 4 is 22.6 Å². The highest BCUT2D eigenvalue weighted by molar-refractivity contribution is 7.80. The van der Waals surface area contributed by atoms with E-state index in [1.807, 2.05) is 18.2 Å². The van der Waals surface area contributed by atoms with Gasteiger partial charge in [-0.25, -0.2) is 9.19 Å². The molecule has 0 amide bonds. The van der Waals surface area contributed by atoms with E-state index >= 15 is 0 Å². The zero-order valence-corrected chi connectivity index (χ0v) is 12.6. The number of hydrogen-bond acceptors (Lipinski definition) is 5. The van der Waals surface area contributed by atoms with Crippen molar-refractivity contribution in [2.75, 3.05) is 24.3 Å². The van der Waals surface area contributed by atoms with Gasteiger partial charge in [0.1, 0.15) is 5.82 Å². The Bertz CT molecular complexity index is 673. The molecule has 1 aromatic heterocycles. The molecule has 3 rings (SSSR count). The number of pyridine rings is 1. The molecule has 6 heteroatoms. The summed E-state index contributed by atoms with van der Waals surface area (Å²) in [5.74, 6) is 0.875. The maximum Gasteiger partial charge on any atom is 0.190 e. The third-order valence-electron chi connectivity index (χ3n) is 3.69. The van der Waals surface area contributed by atoms with Crippen LogP contribution < -0.4 is 10.6 Å². The second-order valence-corrected chi connectivity index (χ2v) is 6.18. The van der Waals surface area contributed by atoms with E-state index in [4.69, 9.17) is 9.92 Å². The topological polar surface area (TPSA) is 68.5 Å². The van der Waals surface area contributed by atoms with Crippen molar-refractivity contribution in [2.24, 2.45) is 0 Å². The van der Waals surface area contributed by atoms with E-state index in [1.165, 1.54) is 18.2 Å². The molecular weight excluding hydrogens is 286 g/mol. The number of nitrogen functional groups attached to an aromatic ring is 1. The van der Waals surface area contributed by atoms with Crippen LogP contribution in [0.4, 0.5) is 11.5 Å². The lowest BCUT2D eigenvalue weighted by atomic mass is 9.98. The van der Waals surface area contributed by atoms with Gasteiger partial charge in [-0.2, -0.15) is 0 Å². The summed E-state index contributed by atoms with van der Waals surface area (Å²) in [6, 6.07) is 9.70. The molecule has 110 valence electrons. The van der Waals surface area contributed by atoms with Crippen molar-refractivity contribution in [3.8, 4) is 0 Å². The van der Waals surface area contributed by atoms with Crippen LogP contribution in [0.3, 0.4) is 0 Å². The lowest BCUT2D eigenvalue weighted by Gasteiger charge is -2.30. The molecule has 0 radical (unpaired) electrons. The van der Waals surface area contributed by atoms with Crippen molar-refractivity contribution in [1.29, 1.82) is 0 Å². The first-order chi connectivity index (χ1) is 10.2. The van der Waals surface area contributed by atoms with E-state index in [0.29, 0.717) is 4.90 Å². The van der Waals surface area contributed by atoms with Crippen LogP contribution in [-0.4, -0.2) is 22.8 Å². The molecular formula is C15H17N3O2S. The molecule has 1 aliphatic rings. The highest BCUT2D eigenvalue weighted by Gasteiger charge is 2.19. The summed E-state index contributed by atoms with van der Waals surface area (Å²) in [7, 11) is 1.41. The molecule has 21 heavy (non-hydrogen) atoms. The van der Waals surface area contributed by atoms with Gasteiger partial charge >= 0.3 is 0 Å². The normalized spacial score (nSPS) is 15.6. The van der Waals surface area contributed by atoms with Gasteiger partial charge in [-0.3, -0.25) is 4.18 Å². The van der Waals surface area contributed by atoms with Gasteiger partial charge < -0.3 is 10.6 Å². The van der Waals surface area contributed by atoms with Gasteiger partial charge in [-0.1, -0.05) is 12.1 Å². The fourth-order valence-corrected chi connectivity index (χ4v) is 3.10. The van der Waals surface area contributed by atoms with E-state index in [0.717, 1.165) is 31.0 Å². The molecule has 1 atom stereocenters. The zero-order valence-electron chi connectivity index (χ0n) is 11.8. The summed E-state index contributed by atoms with van der Waals surface area (Å²) in [6.07, 6.45) is 2.51. The highest BCUT2D eigenvalue weighted by Crippen LogP contribution is 2.26. The van der Waals surface area contributed by atoms with Crippen molar-refractivity contribution in [3.05, 3.63) is 47.7 Å². The predicted octanol–water partition coefficient (Wildman–Crippen LogP) is 1.90. The highest BCUT2D eigenvalue weighted by atomic mass is 32.2. The number of nitrogens with two attached hydrogens (primary N) is 1. The molecule has 2 N–H and O–H groups in total. The lowest BCUT2D eigenvalue weighted by Crippen LogP contribution is -2.31. The Hall–Kier alpha value is -1.92. The fraction of sp³-hybridized carbons (Fsp3) is 0.267. The van der Waals surface area contributed by atoms with Crippen LogP contribution in [0.25, 0.3) is 0 Å². The second kappa shape index (κ2) is 5.83. The van der Waals surface area contributed by atoms with Crippen molar-refractivity contribution in [1.82, 2.24) is 4.98 Å². The van der Waals surface area contributed by atoms with Gasteiger partial charge in [0.2, 0.25) is 0 Å². The van der Waals surface area contributed by atoms with E-state index in [-0.39, 0.29) is 0 Å². The SMILES string of the molecule is COS(=O)c1ccc(N2CCc3c(N)cccc3C2)nc1. The van der Waals surface area contributed by atoms with Crippen molar-refractivity contribution in [3.63, 3.8) is 0 Å². The molecule has 2 aromatic rings. The first kappa shape index (κ1) is 14.0. The molecule has 1 aliphatic heterocycles. The zero-order chi connectivity index (χ0) is 14.8. The maximum atomic E-state index is 11.5. The predicted molar refractivity (Wildman–Crippen MR) is 83.3 cm³/mol. The molecule has 5 nitrogen and oxygen atoms in total. The van der Waals surface area contributed by atoms with E-state index < -0.39 is 11.1 Å². The van der Waals surface area contributed by atoms with Gasteiger partial charge in [0, 0.05) is 25.0 Å². The average molecular weight is 303 g/mol. The quantitative estimate of drug-likeness (QED) is 0.877. The van der Waals surface area contributed by atoms with Gasteiger partial charge in [0.05, 0.1) is 12.0 Å². The van der Waals surface area contributed by atoms with Crippen LogP contribution in [0, 0.1) is 0 Å². The minimum Gasteiger partial charge on any atom is -0.398 e. The Labute approximate surface area is 126 Å². The summed E-state index contributed by atoms with van der Waals surface area (Å²) in [5.41, 5.74) is 9.36. The molecule has 1 aromatic carbocycles. The third kappa shape index (κ3) is 2.77. The molecule has 1 unspecified atom stereocenters. The first-order valence-electron chi connectivity index (χ1n) is 6.72. The average Bonchev–Trinajstić information content (AvgIpc) is 2.54. The van der Waals surface area contributed by atoms with Crippen LogP contribution in [-0.2, 0) is 28.2 Å². The van der Waals surface area contributed by atoms with E-state index in [1.54, 1.807) is 12.3 Å². The molecule has 0 aliphatic carbocycles. The minimum atomic E-state index is -1.44. The minimum absolute atomic E-state index is 0.572. The van der Waals surface area contributed by atoms with Crippen LogP contribution >= 0.6 is 0 Å². The van der Waals surface area contributed by atoms with Gasteiger partial charge in [-0.15, -0.1) is 0 Å². The summed E-state index contributed by atoms with van der Waals surface area (Å²) < 4.78 is 16.3. The smallest absolute Gasteiger partial charge is 0.190 e. The van der Waals surface area contributed by atoms with Gasteiger partial charge in [-0.05, 0) is 35.7 Å². The van der Waals surface area contributed by atoms with Gasteiger partial charge in [0.15, 0.2) is 11.1 Å². The summed E-state index contributed by atoms with van der Waals surface area (Å²) in [5, 5.41) is 0. The summed E-state index contributed by atoms with van der Waals surface area (Å²) >= 11 is -1.44. The number of hydrogen-bond donors (Lipinski definition) is 1. The number of anilines is 2. The summed E-state index contributed by atoms with van der Waals surface area (Å²) in [6.45, 7) is 1.67. The van der Waals surface area contributed by atoms with E-state index in [2.05, 4.69) is 16.0 Å². The standard InChI is InChI=1S/C15H17N3O2S/c1-20-21(19)12-5-6-15(17-9-12)18-8-7-13-11(10-18)3-2-4-14(13)16/h2-6,9H,7-8,10,16H2,1H3. The largest absolute Gasteiger partial charge is 0.398 e. The first-order valence-corrected chi connectivity index (χ1v) is 7.80. The fourth-order valence-electron chi connectivity index (χ4n) is 2.59. The van der Waals surface area contributed by atoms with Gasteiger partial charge in [0.25, 0.3) is 0 Å². The number of aromatic nitrogens is 1. The Morgan fingerprint density at radius 2 is 2.19 bits per heavy atom. The second-order valence-electron chi connectivity index (χ2n) is 4.91. The van der Waals surface area contributed by atoms with Crippen molar-refractivity contribution in [2.45, 2.75) is 17.9 Å². The van der Waals surface area contributed by atoms with Crippen LogP contribution in [0.5, 0.6) is 0 Å². The molecule has 0 fully saturated rings. The number of fused-ring (bicyclic) bond motifs is 1. The maximum absolute atomic E-state index is 11.5. The Morgan fingerprint density at radius 1 is 1.33 bits per heavy atom. The summed E-state index contributed by atoms with van der Waals surface area (Å²) in [4.78, 5) is 7.16. The number of benzene rings is 1. The Kier molecular flexibility index (Phi) is 3.90. The van der Waals surface area contributed by atoms with Crippen LogP contribution in [0.2, 0.25) is 0 Å². The monoisotopic (exact) mass is 303 g/mol. The molecule has 0 spiro atoms. The third-order valence-corrected chi connectivity index (χ3v) is 4.62. The lowest BCUT2D eigenvalue weighted by molar-refractivity contribution is 0.445. The van der Waals surface area contributed by atoms with E-state index in [9.17, 15) is 4.21 Å². The number of nitrogens with zero attached hydrogens (tertiary/aromatic N) is 2. The van der Waals surface area contributed by atoms with Crippen LogP contribution in [0.1, 0.15) is 11.1 Å². The molecule has 0 bridgehead atoms. The van der Waals surface area contributed by atoms with Crippen molar-refractivity contribution < 1.29 is 8.39 Å². The Morgan fingerprint density at radius 3 is 2.90 bits per heavy atom.